The van der Waals surface area contributed by atoms with E-state index in [2.05, 4.69) is 4.90 Å². The molecule has 1 fully saturated rings. The van der Waals surface area contributed by atoms with Crippen LogP contribution in [0.5, 0.6) is 0 Å². The number of hydrogen-bond donors (Lipinski definition) is 1. The first kappa shape index (κ1) is 16.9. The van der Waals surface area contributed by atoms with E-state index in [0.717, 1.165) is 26.1 Å². The van der Waals surface area contributed by atoms with E-state index in [9.17, 15) is 9.59 Å². The van der Waals surface area contributed by atoms with Gasteiger partial charge in [-0.2, -0.15) is 0 Å². The summed E-state index contributed by atoms with van der Waals surface area (Å²) in [5.41, 5.74) is 5.31. The Morgan fingerprint density at radius 1 is 1.20 bits per heavy atom. The van der Waals surface area contributed by atoms with Crippen LogP contribution in [0.4, 0.5) is 0 Å². The minimum absolute atomic E-state index is 0.000707. The average Bonchev–Trinajstić information content (AvgIpc) is 2.64. The second-order valence-electron chi connectivity index (χ2n) is 5.14. The quantitative estimate of drug-likeness (QED) is 0.607. The Morgan fingerprint density at radius 2 is 1.95 bits per heavy atom. The maximum absolute atomic E-state index is 11.9. The highest BCUT2D eigenvalue weighted by Crippen LogP contribution is 2.04. The fraction of sp³-hybridized carbons (Fsp3) is 0.846. The number of rotatable bonds is 6. The molecule has 0 aromatic carbocycles. The van der Waals surface area contributed by atoms with Crippen LogP contribution in [0.3, 0.4) is 0 Å². The maximum atomic E-state index is 11.9. The van der Waals surface area contributed by atoms with E-state index in [1.165, 1.54) is 0 Å². The van der Waals surface area contributed by atoms with Crippen molar-refractivity contribution in [3.8, 4) is 0 Å². The lowest BCUT2D eigenvalue weighted by atomic mass is 10.3. The van der Waals surface area contributed by atoms with Crippen LogP contribution in [0, 0.1) is 0 Å². The van der Waals surface area contributed by atoms with Gasteiger partial charge in [0.1, 0.15) is 6.61 Å². The number of amides is 2. The minimum atomic E-state index is -0.000707. The zero-order valence-electron chi connectivity index (χ0n) is 12.5. The highest BCUT2D eigenvalue weighted by Gasteiger charge is 2.20. The van der Waals surface area contributed by atoms with Gasteiger partial charge in [0, 0.05) is 46.8 Å². The molecule has 0 saturated carbocycles. The molecule has 1 rings (SSSR count). The van der Waals surface area contributed by atoms with Crippen LogP contribution in [-0.4, -0.2) is 93.1 Å². The van der Waals surface area contributed by atoms with Gasteiger partial charge in [0.15, 0.2) is 0 Å². The Bertz CT molecular complexity index is 323. The normalized spacial score (nSPS) is 16.9. The lowest BCUT2D eigenvalue weighted by Gasteiger charge is -2.22. The highest BCUT2D eigenvalue weighted by molar-refractivity contribution is 5.78. The van der Waals surface area contributed by atoms with E-state index in [0.29, 0.717) is 26.2 Å². The van der Waals surface area contributed by atoms with Crippen molar-refractivity contribution in [1.29, 1.82) is 0 Å². The summed E-state index contributed by atoms with van der Waals surface area (Å²) < 4.78 is 5.17. The summed E-state index contributed by atoms with van der Waals surface area (Å²) >= 11 is 0. The molecule has 7 nitrogen and oxygen atoms in total. The summed E-state index contributed by atoms with van der Waals surface area (Å²) in [5, 5.41) is 0. The van der Waals surface area contributed by atoms with Crippen molar-refractivity contribution >= 4 is 11.8 Å². The van der Waals surface area contributed by atoms with Crippen LogP contribution < -0.4 is 5.73 Å². The molecule has 2 N–H and O–H groups in total. The molecule has 1 aliphatic heterocycles. The van der Waals surface area contributed by atoms with Crippen molar-refractivity contribution in [2.24, 2.45) is 5.73 Å². The molecule has 0 aliphatic carbocycles. The second kappa shape index (κ2) is 8.89. The van der Waals surface area contributed by atoms with Gasteiger partial charge in [0.2, 0.25) is 11.8 Å². The third-order valence-corrected chi connectivity index (χ3v) is 3.29. The number of carbonyl (C=O) groups is 2. The Kier molecular flexibility index (Phi) is 7.50. The van der Waals surface area contributed by atoms with Crippen LogP contribution in [-0.2, 0) is 14.3 Å². The first-order chi connectivity index (χ1) is 9.54. The smallest absolute Gasteiger partial charge is 0.248 e. The summed E-state index contributed by atoms with van der Waals surface area (Å²) in [6, 6.07) is 0. The molecule has 0 aromatic heterocycles. The molecule has 20 heavy (non-hydrogen) atoms. The molecule has 1 aliphatic rings. The molecule has 7 heteroatoms. The molecule has 0 unspecified atom stereocenters. The fourth-order valence-corrected chi connectivity index (χ4v) is 2.05. The van der Waals surface area contributed by atoms with E-state index in [-0.39, 0.29) is 18.4 Å². The number of carbonyl (C=O) groups excluding carboxylic acids is 2. The minimum Gasteiger partial charge on any atom is -0.370 e. The number of ether oxygens (including phenoxy) is 1. The van der Waals surface area contributed by atoms with Crippen molar-refractivity contribution in [3.63, 3.8) is 0 Å². The van der Waals surface area contributed by atoms with Crippen LogP contribution in [0.2, 0.25) is 0 Å². The van der Waals surface area contributed by atoms with E-state index in [4.69, 9.17) is 10.5 Å². The second-order valence-corrected chi connectivity index (χ2v) is 5.14. The molecular weight excluding hydrogens is 260 g/mol. The molecule has 1 saturated heterocycles. The molecule has 0 spiro atoms. The molecular formula is C13H26N4O3. The molecule has 1 heterocycles. The monoisotopic (exact) mass is 286 g/mol. The topological polar surface area (TPSA) is 79.1 Å². The zero-order valence-corrected chi connectivity index (χ0v) is 12.5. The number of hydrogen-bond acceptors (Lipinski definition) is 5. The predicted molar refractivity (Wildman–Crippen MR) is 76.2 cm³/mol. The van der Waals surface area contributed by atoms with Gasteiger partial charge in [-0.25, -0.2) is 0 Å². The Hall–Kier alpha value is -1.18. The average molecular weight is 286 g/mol. The van der Waals surface area contributed by atoms with Crippen LogP contribution in [0.25, 0.3) is 0 Å². The zero-order chi connectivity index (χ0) is 15.0. The van der Waals surface area contributed by atoms with Gasteiger partial charge in [-0.15, -0.1) is 0 Å². The van der Waals surface area contributed by atoms with E-state index in [1.54, 1.807) is 23.9 Å². The Morgan fingerprint density at radius 3 is 2.60 bits per heavy atom. The maximum Gasteiger partial charge on any atom is 0.248 e. The summed E-state index contributed by atoms with van der Waals surface area (Å²) in [6.07, 6.45) is 0.878. The first-order valence-corrected chi connectivity index (χ1v) is 7.02. The van der Waals surface area contributed by atoms with E-state index in [1.807, 2.05) is 0 Å². The summed E-state index contributed by atoms with van der Waals surface area (Å²) in [6.45, 7) is 4.27. The van der Waals surface area contributed by atoms with Crippen LogP contribution in [0.1, 0.15) is 6.42 Å². The molecule has 2 amide bonds. The van der Waals surface area contributed by atoms with Gasteiger partial charge in [0.05, 0.1) is 13.2 Å². The molecule has 0 radical (unpaired) electrons. The van der Waals surface area contributed by atoms with Crippen molar-refractivity contribution in [2.75, 3.05) is 66.6 Å². The standard InChI is InChI=1S/C13H26N4O3/c1-15(2)12(18)10-16-5-3-6-17(8-7-16)13(19)11-20-9-4-14/h3-11,14H2,1-2H3. The van der Waals surface area contributed by atoms with Gasteiger partial charge >= 0.3 is 0 Å². The van der Waals surface area contributed by atoms with Crippen molar-refractivity contribution in [3.05, 3.63) is 0 Å². The largest absolute Gasteiger partial charge is 0.370 e. The lowest BCUT2D eigenvalue weighted by Crippen LogP contribution is -2.40. The third kappa shape index (κ3) is 5.85. The molecule has 0 atom stereocenters. The summed E-state index contributed by atoms with van der Waals surface area (Å²) in [5.74, 6) is 0.0929. The van der Waals surface area contributed by atoms with Crippen molar-refractivity contribution in [1.82, 2.24) is 14.7 Å². The first-order valence-electron chi connectivity index (χ1n) is 7.02. The number of nitrogens with two attached hydrogens (primary N) is 1. The third-order valence-electron chi connectivity index (χ3n) is 3.29. The Labute approximate surface area is 120 Å². The SMILES string of the molecule is CN(C)C(=O)CN1CCCN(C(=O)COCCN)CC1. The molecule has 0 bridgehead atoms. The van der Waals surface area contributed by atoms with E-state index >= 15 is 0 Å². The summed E-state index contributed by atoms with van der Waals surface area (Å²) in [7, 11) is 3.51. The molecule has 0 aromatic rings. The van der Waals surface area contributed by atoms with Crippen LogP contribution in [0.15, 0.2) is 0 Å². The van der Waals surface area contributed by atoms with Crippen LogP contribution >= 0.6 is 0 Å². The Balaban J connectivity index is 2.35. The summed E-state index contributed by atoms with van der Waals surface area (Å²) in [4.78, 5) is 29.1. The van der Waals surface area contributed by atoms with Gasteiger partial charge in [-0.1, -0.05) is 0 Å². The van der Waals surface area contributed by atoms with Crippen molar-refractivity contribution in [2.45, 2.75) is 6.42 Å². The number of likely N-dealkylation sites (N-methyl/N-ethyl adjacent to an activating group) is 1. The fourth-order valence-electron chi connectivity index (χ4n) is 2.05. The number of nitrogens with zero attached hydrogens (tertiary/aromatic N) is 3. The van der Waals surface area contributed by atoms with E-state index < -0.39 is 0 Å². The highest BCUT2D eigenvalue weighted by atomic mass is 16.5. The molecule has 116 valence electrons. The van der Waals surface area contributed by atoms with Gasteiger partial charge < -0.3 is 20.3 Å². The predicted octanol–water partition coefficient (Wildman–Crippen LogP) is -1.42. The van der Waals surface area contributed by atoms with Gasteiger partial charge in [-0.05, 0) is 6.42 Å². The van der Waals surface area contributed by atoms with Gasteiger partial charge in [-0.3, -0.25) is 14.5 Å². The van der Waals surface area contributed by atoms with Crippen molar-refractivity contribution < 1.29 is 14.3 Å². The van der Waals surface area contributed by atoms with Gasteiger partial charge in [0.25, 0.3) is 0 Å². The lowest BCUT2D eigenvalue weighted by molar-refractivity contribution is -0.135.